The van der Waals surface area contributed by atoms with Crippen LogP contribution in [0.1, 0.15) is 5.56 Å². The maximum atomic E-state index is 11.5. The maximum absolute atomic E-state index is 11.5. The van der Waals surface area contributed by atoms with Gasteiger partial charge in [-0.2, -0.15) is 5.26 Å². The number of piperazine rings is 1. The van der Waals surface area contributed by atoms with E-state index in [1.165, 1.54) is 0 Å². The molecule has 0 unspecified atom stereocenters. The van der Waals surface area contributed by atoms with Crippen molar-refractivity contribution in [2.24, 2.45) is 0 Å². The molecule has 1 aliphatic heterocycles. The molecule has 3 rings (SSSR count). The van der Waals surface area contributed by atoms with Crippen LogP contribution in [-0.4, -0.2) is 43.1 Å². The number of ether oxygens (including phenoxy) is 1. The van der Waals surface area contributed by atoms with Crippen LogP contribution in [0.25, 0.3) is 0 Å². The third-order valence-electron chi connectivity index (χ3n) is 4.63. The summed E-state index contributed by atoms with van der Waals surface area (Å²) >= 11 is 0. The average molecular weight is 383 g/mol. The minimum atomic E-state index is -0.682. The van der Waals surface area contributed by atoms with Crippen molar-refractivity contribution in [1.82, 2.24) is 0 Å². The lowest BCUT2D eigenvalue weighted by Gasteiger charge is -2.36. The van der Waals surface area contributed by atoms with Gasteiger partial charge in [-0.15, -0.1) is 0 Å². The van der Waals surface area contributed by atoms with Crippen LogP contribution in [0.4, 0.5) is 22.7 Å². The molecule has 2 aromatic rings. The van der Waals surface area contributed by atoms with Crippen molar-refractivity contribution in [2.45, 2.75) is 0 Å². The molecule has 0 atom stereocenters. The van der Waals surface area contributed by atoms with E-state index in [4.69, 9.17) is 10.00 Å². The van der Waals surface area contributed by atoms with Gasteiger partial charge in [0.05, 0.1) is 28.6 Å². The number of nitro groups is 2. The third kappa shape index (κ3) is 3.64. The second-order valence-corrected chi connectivity index (χ2v) is 6.16. The molecule has 0 radical (unpaired) electrons. The molecule has 0 saturated carbocycles. The van der Waals surface area contributed by atoms with Gasteiger partial charge in [-0.05, 0) is 24.3 Å². The molecule has 10 heteroatoms. The second-order valence-electron chi connectivity index (χ2n) is 6.16. The van der Waals surface area contributed by atoms with Gasteiger partial charge in [0.1, 0.15) is 5.75 Å². The average Bonchev–Trinajstić information content (AvgIpc) is 2.72. The topological polar surface area (TPSA) is 126 Å². The Morgan fingerprint density at radius 1 is 0.964 bits per heavy atom. The first-order chi connectivity index (χ1) is 13.4. The molecule has 1 fully saturated rings. The van der Waals surface area contributed by atoms with Crippen molar-refractivity contribution in [1.29, 1.82) is 5.26 Å². The summed E-state index contributed by atoms with van der Waals surface area (Å²) in [6.45, 7) is 1.83. The largest absolute Gasteiger partial charge is 0.497 e. The monoisotopic (exact) mass is 383 g/mol. The molecule has 28 heavy (non-hydrogen) atoms. The van der Waals surface area contributed by atoms with Gasteiger partial charge in [0.2, 0.25) is 0 Å². The molecule has 0 bridgehead atoms. The van der Waals surface area contributed by atoms with Crippen LogP contribution in [0.3, 0.4) is 0 Å². The highest BCUT2D eigenvalue weighted by molar-refractivity contribution is 5.77. The quantitative estimate of drug-likeness (QED) is 0.570. The van der Waals surface area contributed by atoms with E-state index in [0.29, 0.717) is 26.2 Å². The molecule has 0 amide bonds. The Labute approximate surface area is 160 Å². The zero-order valence-corrected chi connectivity index (χ0v) is 15.1. The van der Waals surface area contributed by atoms with Crippen molar-refractivity contribution < 1.29 is 14.6 Å². The van der Waals surface area contributed by atoms with E-state index in [1.807, 2.05) is 24.3 Å². The third-order valence-corrected chi connectivity index (χ3v) is 4.63. The Kier molecular flexibility index (Phi) is 5.26. The number of benzene rings is 2. The van der Waals surface area contributed by atoms with E-state index in [2.05, 4.69) is 4.90 Å². The minimum absolute atomic E-state index is 0.0524. The highest BCUT2D eigenvalue weighted by Gasteiger charge is 2.33. The molecule has 0 aliphatic carbocycles. The van der Waals surface area contributed by atoms with Crippen molar-refractivity contribution in [2.75, 3.05) is 43.1 Å². The van der Waals surface area contributed by atoms with Gasteiger partial charge in [0, 0.05) is 44.0 Å². The Morgan fingerprint density at radius 3 is 1.89 bits per heavy atom. The van der Waals surface area contributed by atoms with Gasteiger partial charge < -0.3 is 14.5 Å². The standard InChI is InChI=1S/C18H17N5O5/c1-28-15-4-2-14(3-5-15)20-6-8-21(9-7-20)18-16(22(24)25)10-13(12-19)11-17(18)23(26)27/h2-5,10-11H,6-9H2,1H3. The van der Waals surface area contributed by atoms with Crippen molar-refractivity contribution in [3.63, 3.8) is 0 Å². The Morgan fingerprint density at radius 2 is 1.46 bits per heavy atom. The van der Waals surface area contributed by atoms with E-state index in [9.17, 15) is 20.2 Å². The zero-order valence-electron chi connectivity index (χ0n) is 15.1. The van der Waals surface area contributed by atoms with Crippen molar-refractivity contribution in [3.8, 4) is 11.8 Å². The predicted octanol–water partition coefficient (Wildman–Crippen LogP) is 2.71. The summed E-state index contributed by atoms with van der Waals surface area (Å²) in [6, 6.07) is 11.4. The van der Waals surface area contributed by atoms with Crippen LogP contribution in [0.2, 0.25) is 0 Å². The van der Waals surface area contributed by atoms with Gasteiger partial charge in [-0.25, -0.2) is 0 Å². The molecule has 2 aromatic carbocycles. The first-order valence-electron chi connectivity index (χ1n) is 8.45. The van der Waals surface area contributed by atoms with Crippen LogP contribution in [-0.2, 0) is 0 Å². The molecular weight excluding hydrogens is 366 g/mol. The van der Waals surface area contributed by atoms with Gasteiger partial charge in [-0.1, -0.05) is 0 Å². The lowest BCUT2D eigenvalue weighted by molar-refractivity contribution is -0.392. The Hall–Kier alpha value is -3.87. The summed E-state index contributed by atoms with van der Waals surface area (Å²) < 4.78 is 5.14. The summed E-state index contributed by atoms with van der Waals surface area (Å²) in [5.74, 6) is 0.742. The molecule has 1 heterocycles. The van der Waals surface area contributed by atoms with Crippen LogP contribution in [0.15, 0.2) is 36.4 Å². The number of nitro benzene ring substituents is 2. The maximum Gasteiger partial charge on any atom is 0.300 e. The van der Waals surface area contributed by atoms with E-state index in [0.717, 1.165) is 23.6 Å². The molecule has 10 nitrogen and oxygen atoms in total. The minimum Gasteiger partial charge on any atom is -0.497 e. The van der Waals surface area contributed by atoms with Crippen LogP contribution in [0.5, 0.6) is 5.75 Å². The molecule has 1 saturated heterocycles. The lowest BCUT2D eigenvalue weighted by Crippen LogP contribution is -2.46. The number of methoxy groups -OCH3 is 1. The summed E-state index contributed by atoms with van der Waals surface area (Å²) in [6.07, 6.45) is 0. The molecule has 144 valence electrons. The molecule has 0 aromatic heterocycles. The summed E-state index contributed by atoms with van der Waals surface area (Å²) in [5, 5.41) is 32.0. The van der Waals surface area contributed by atoms with E-state index >= 15 is 0 Å². The number of rotatable bonds is 5. The van der Waals surface area contributed by atoms with Gasteiger partial charge >= 0.3 is 11.4 Å². The van der Waals surface area contributed by atoms with Gasteiger partial charge in [0.25, 0.3) is 0 Å². The highest BCUT2D eigenvalue weighted by Crippen LogP contribution is 2.39. The van der Waals surface area contributed by atoms with Crippen LogP contribution < -0.4 is 14.5 Å². The summed E-state index contributed by atoms with van der Waals surface area (Å²) in [7, 11) is 1.59. The number of hydrogen-bond donors (Lipinski definition) is 0. The van der Waals surface area contributed by atoms with E-state index in [1.54, 1.807) is 18.1 Å². The second kappa shape index (κ2) is 7.79. The normalized spacial score (nSPS) is 13.7. The molecule has 1 aliphatic rings. The first kappa shape index (κ1) is 18.9. The fraction of sp³-hybridized carbons (Fsp3) is 0.278. The van der Waals surface area contributed by atoms with Gasteiger partial charge in [0.15, 0.2) is 5.69 Å². The van der Waals surface area contributed by atoms with E-state index in [-0.39, 0.29) is 11.3 Å². The fourth-order valence-corrected chi connectivity index (χ4v) is 3.25. The fourth-order valence-electron chi connectivity index (χ4n) is 3.25. The van der Waals surface area contributed by atoms with E-state index < -0.39 is 21.2 Å². The number of anilines is 2. The molecule has 0 spiro atoms. The number of nitriles is 1. The number of hydrogen-bond acceptors (Lipinski definition) is 8. The smallest absolute Gasteiger partial charge is 0.300 e. The number of nitrogens with zero attached hydrogens (tertiary/aromatic N) is 5. The Balaban J connectivity index is 1.88. The lowest BCUT2D eigenvalue weighted by atomic mass is 10.1. The van der Waals surface area contributed by atoms with Crippen molar-refractivity contribution in [3.05, 3.63) is 62.2 Å². The first-order valence-corrected chi connectivity index (χ1v) is 8.45. The Bertz CT molecular complexity index is 911. The van der Waals surface area contributed by atoms with Crippen LogP contribution >= 0.6 is 0 Å². The highest BCUT2D eigenvalue weighted by atomic mass is 16.6. The molecule has 0 N–H and O–H groups in total. The summed E-state index contributed by atoms with van der Waals surface area (Å²) in [4.78, 5) is 25.3. The van der Waals surface area contributed by atoms with Crippen molar-refractivity contribution >= 4 is 22.7 Å². The van der Waals surface area contributed by atoms with Gasteiger partial charge in [-0.3, -0.25) is 20.2 Å². The SMILES string of the molecule is COc1ccc(N2CCN(c3c([N+](=O)[O-])cc(C#N)cc3[N+](=O)[O-])CC2)cc1. The van der Waals surface area contributed by atoms with Crippen LogP contribution in [0, 0.1) is 31.6 Å². The predicted molar refractivity (Wildman–Crippen MR) is 102 cm³/mol. The summed E-state index contributed by atoms with van der Waals surface area (Å²) in [5.41, 5.74) is -0.0426. The molecular formula is C18H17N5O5. The zero-order chi connectivity index (χ0) is 20.3.